The molecule has 14 heavy (non-hydrogen) atoms. The first-order valence-corrected chi connectivity index (χ1v) is 4.78. The third-order valence-electron chi connectivity index (χ3n) is 2.47. The highest BCUT2D eigenvalue weighted by Crippen LogP contribution is 2.18. The van der Waals surface area contributed by atoms with E-state index in [1.165, 1.54) is 6.20 Å². The lowest BCUT2D eigenvalue weighted by atomic mass is 10.0. The lowest BCUT2D eigenvalue weighted by Crippen LogP contribution is -2.51. The third-order valence-corrected chi connectivity index (χ3v) is 2.47. The Hall–Kier alpha value is -1.16. The molecule has 0 aromatic carbocycles. The number of nitrogens with zero attached hydrogens (tertiary/aromatic N) is 1. The summed E-state index contributed by atoms with van der Waals surface area (Å²) in [5.41, 5.74) is 0. The summed E-state index contributed by atoms with van der Waals surface area (Å²) in [7, 11) is 0. The Morgan fingerprint density at radius 2 is 2.50 bits per heavy atom. The van der Waals surface area contributed by atoms with Gasteiger partial charge in [-0.2, -0.15) is 4.39 Å². The highest BCUT2D eigenvalue weighted by atomic mass is 19.1. The first-order chi connectivity index (χ1) is 6.77. The Labute approximate surface area is 82.3 Å². The van der Waals surface area contributed by atoms with Crippen LogP contribution in [0.3, 0.4) is 0 Å². The van der Waals surface area contributed by atoms with Gasteiger partial charge in [-0.15, -0.1) is 0 Å². The second-order valence-corrected chi connectivity index (χ2v) is 3.46. The fraction of sp³-hybridized carbons (Fsp3) is 0.500. The second-order valence-electron chi connectivity index (χ2n) is 3.46. The normalized spacial score (nSPS) is 22.6. The predicted octanol–water partition coefficient (Wildman–Crippen LogP) is 1.35. The van der Waals surface area contributed by atoms with Gasteiger partial charge in [-0.25, -0.2) is 4.98 Å². The number of pyridine rings is 1. The molecule has 0 amide bonds. The SMILES string of the molecule is CC(Oc1cccnc1F)[C@@H]1CCN1. The minimum Gasteiger partial charge on any atom is -0.484 e. The van der Waals surface area contributed by atoms with E-state index in [0.29, 0.717) is 6.04 Å². The number of nitrogens with one attached hydrogen (secondary N) is 1. The molecule has 0 aliphatic carbocycles. The summed E-state index contributed by atoms with van der Waals surface area (Å²) in [5, 5.41) is 3.22. The quantitative estimate of drug-likeness (QED) is 0.741. The molecule has 2 heterocycles. The molecule has 1 aliphatic heterocycles. The Balaban J connectivity index is 1.99. The van der Waals surface area contributed by atoms with Crippen molar-refractivity contribution < 1.29 is 9.13 Å². The number of hydrogen-bond acceptors (Lipinski definition) is 3. The molecule has 0 saturated carbocycles. The Morgan fingerprint density at radius 3 is 3.07 bits per heavy atom. The van der Waals surface area contributed by atoms with Gasteiger partial charge in [0, 0.05) is 12.2 Å². The zero-order valence-corrected chi connectivity index (χ0v) is 8.03. The van der Waals surface area contributed by atoms with Crippen molar-refractivity contribution in [2.75, 3.05) is 6.54 Å². The van der Waals surface area contributed by atoms with E-state index < -0.39 is 5.95 Å². The molecule has 1 unspecified atom stereocenters. The molecule has 2 rings (SSSR count). The van der Waals surface area contributed by atoms with Crippen LogP contribution in [0.5, 0.6) is 5.75 Å². The molecule has 1 saturated heterocycles. The largest absolute Gasteiger partial charge is 0.484 e. The fourth-order valence-corrected chi connectivity index (χ4v) is 1.45. The van der Waals surface area contributed by atoms with Crippen LogP contribution >= 0.6 is 0 Å². The van der Waals surface area contributed by atoms with Crippen LogP contribution in [-0.2, 0) is 0 Å². The molecule has 3 nitrogen and oxygen atoms in total. The van der Waals surface area contributed by atoms with Gasteiger partial charge in [0.25, 0.3) is 5.95 Å². The van der Waals surface area contributed by atoms with Crippen molar-refractivity contribution in [2.24, 2.45) is 0 Å². The van der Waals surface area contributed by atoms with Gasteiger partial charge in [0.15, 0.2) is 5.75 Å². The molecule has 1 aromatic rings. The van der Waals surface area contributed by atoms with Gasteiger partial charge in [0.1, 0.15) is 6.10 Å². The maximum atomic E-state index is 13.1. The van der Waals surface area contributed by atoms with Gasteiger partial charge in [0.2, 0.25) is 0 Å². The summed E-state index contributed by atoms with van der Waals surface area (Å²) in [6.07, 6.45) is 2.49. The molecule has 2 atom stereocenters. The van der Waals surface area contributed by atoms with Crippen molar-refractivity contribution in [1.29, 1.82) is 0 Å². The van der Waals surface area contributed by atoms with Crippen molar-refractivity contribution in [3.8, 4) is 5.75 Å². The predicted molar refractivity (Wildman–Crippen MR) is 50.7 cm³/mol. The van der Waals surface area contributed by atoms with Crippen molar-refractivity contribution in [3.63, 3.8) is 0 Å². The number of aromatic nitrogens is 1. The Morgan fingerprint density at radius 1 is 1.71 bits per heavy atom. The van der Waals surface area contributed by atoms with Crippen molar-refractivity contribution in [2.45, 2.75) is 25.5 Å². The highest BCUT2D eigenvalue weighted by molar-refractivity contribution is 5.18. The first kappa shape index (κ1) is 9.40. The van der Waals surface area contributed by atoms with E-state index in [-0.39, 0.29) is 11.9 Å². The lowest BCUT2D eigenvalue weighted by molar-refractivity contribution is 0.127. The maximum Gasteiger partial charge on any atom is 0.255 e. The topological polar surface area (TPSA) is 34.1 Å². The highest BCUT2D eigenvalue weighted by Gasteiger charge is 2.25. The smallest absolute Gasteiger partial charge is 0.255 e. The van der Waals surface area contributed by atoms with Crippen LogP contribution in [0.1, 0.15) is 13.3 Å². The monoisotopic (exact) mass is 196 g/mol. The summed E-state index contributed by atoms with van der Waals surface area (Å²) in [4.78, 5) is 3.52. The van der Waals surface area contributed by atoms with E-state index >= 15 is 0 Å². The number of hydrogen-bond donors (Lipinski definition) is 1. The Kier molecular flexibility index (Phi) is 2.63. The van der Waals surface area contributed by atoms with Crippen LogP contribution in [-0.4, -0.2) is 23.7 Å². The summed E-state index contributed by atoms with van der Waals surface area (Å²) in [6, 6.07) is 3.60. The zero-order chi connectivity index (χ0) is 9.97. The van der Waals surface area contributed by atoms with Gasteiger partial charge in [-0.3, -0.25) is 0 Å². The van der Waals surface area contributed by atoms with Crippen molar-refractivity contribution in [1.82, 2.24) is 10.3 Å². The molecule has 0 radical (unpaired) electrons. The van der Waals surface area contributed by atoms with Gasteiger partial charge < -0.3 is 10.1 Å². The number of ether oxygens (including phenoxy) is 1. The van der Waals surface area contributed by atoms with Gasteiger partial charge >= 0.3 is 0 Å². The molecule has 0 bridgehead atoms. The summed E-state index contributed by atoms with van der Waals surface area (Å²) in [6.45, 7) is 2.96. The van der Waals surface area contributed by atoms with Crippen LogP contribution in [0.2, 0.25) is 0 Å². The minimum absolute atomic E-state index is 0.0116. The van der Waals surface area contributed by atoms with E-state index in [4.69, 9.17) is 4.74 Å². The summed E-state index contributed by atoms with van der Waals surface area (Å²) in [5.74, 6) is -0.313. The number of rotatable bonds is 3. The van der Waals surface area contributed by atoms with Crippen LogP contribution in [0.4, 0.5) is 4.39 Å². The van der Waals surface area contributed by atoms with Gasteiger partial charge in [-0.1, -0.05) is 0 Å². The van der Waals surface area contributed by atoms with E-state index in [1.54, 1.807) is 12.1 Å². The van der Waals surface area contributed by atoms with Crippen molar-refractivity contribution in [3.05, 3.63) is 24.3 Å². The summed E-state index contributed by atoms with van der Waals surface area (Å²) < 4.78 is 18.5. The average molecular weight is 196 g/mol. The number of halogens is 1. The molecular weight excluding hydrogens is 183 g/mol. The van der Waals surface area contributed by atoms with E-state index in [2.05, 4.69) is 10.3 Å². The molecule has 1 fully saturated rings. The first-order valence-electron chi connectivity index (χ1n) is 4.78. The van der Waals surface area contributed by atoms with Crippen LogP contribution < -0.4 is 10.1 Å². The standard InChI is InChI=1S/C10H13FN2O/c1-7(8-4-6-12-8)14-9-3-2-5-13-10(9)11/h2-3,5,7-8,12H,4,6H2,1H3/t7?,8-/m0/s1. The van der Waals surface area contributed by atoms with Crippen LogP contribution in [0, 0.1) is 5.95 Å². The second kappa shape index (κ2) is 3.92. The summed E-state index contributed by atoms with van der Waals surface area (Å²) >= 11 is 0. The minimum atomic E-state index is -0.543. The zero-order valence-electron chi connectivity index (χ0n) is 8.03. The molecule has 1 aliphatic rings. The van der Waals surface area contributed by atoms with E-state index in [9.17, 15) is 4.39 Å². The molecule has 1 N–H and O–H groups in total. The molecule has 4 heteroatoms. The van der Waals surface area contributed by atoms with Crippen molar-refractivity contribution >= 4 is 0 Å². The average Bonchev–Trinajstić information content (AvgIpc) is 2.05. The van der Waals surface area contributed by atoms with Crippen LogP contribution in [0.15, 0.2) is 18.3 Å². The molecule has 1 aromatic heterocycles. The molecule has 0 spiro atoms. The van der Waals surface area contributed by atoms with Crippen LogP contribution in [0.25, 0.3) is 0 Å². The van der Waals surface area contributed by atoms with Gasteiger partial charge in [0.05, 0.1) is 0 Å². The van der Waals surface area contributed by atoms with Gasteiger partial charge in [-0.05, 0) is 32.0 Å². The molecule has 76 valence electrons. The lowest BCUT2D eigenvalue weighted by Gasteiger charge is -2.33. The van der Waals surface area contributed by atoms with E-state index in [1.807, 2.05) is 6.92 Å². The molecular formula is C10H13FN2O. The Bertz CT molecular complexity index is 315. The van der Waals surface area contributed by atoms with E-state index in [0.717, 1.165) is 13.0 Å². The fourth-order valence-electron chi connectivity index (χ4n) is 1.45. The maximum absolute atomic E-state index is 13.1. The third kappa shape index (κ3) is 1.85.